The van der Waals surface area contributed by atoms with Gasteiger partial charge in [0, 0.05) is 35.5 Å². The fourth-order valence-electron chi connectivity index (χ4n) is 7.20. The highest BCUT2D eigenvalue weighted by Gasteiger charge is 2.61. The van der Waals surface area contributed by atoms with Crippen molar-refractivity contribution >= 4 is 23.3 Å². The van der Waals surface area contributed by atoms with Crippen molar-refractivity contribution in [1.82, 2.24) is 9.88 Å². The largest absolute Gasteiger partial charge is 0.388 e. The molecule has 0 aromatic carbocycles. The predicted octanol–water partition coefficient (Wildman–Crippen LogP) is 4.14. The highest BCUT2D eigenvalue weighted by molar-refractivity contribution is 7.10. The summed E-state index contributed by atoms with van der Waals surface area (Å²) in [4.78, 5) is 18.6. The van der Waals surface area contributed by atoms with Gasteiger partial charge in [-0.25, -0.2) is 4.98 Å². The number of aliphatic hydroxyl groups excluding tert-OH is 1. The van der Waals surface area contributed by atoms with Crippen molar-refractivity contribution in [2.75, 3.05) is 7.05 Å². The number of fused-ring (bicyclic) bond motifs is 5. The van der Waals surface area contributed by atoms with Crippen molar-refractivity contribution < 1.29 is 9.90 Å². The maximum Gasteiger partial charge on any atom is 0.246 e. The summed E-state index contributed by atoms with van der Waals surface area (Å²) >= 11 is 1.64. The van der Waals surface area contributed by atoms with Crippen molar-refractivity contribution in [3.8, 4) is 0 Å². The van der Waals surface area contributed by atoms with Gasteiger partial charge in [0.1, 0.15) is 5.01 Å². The molecule has 1 amide bonds. The minimum Gasteiger partial charge on any atom is -0.388 e. The molecule has 0 radical (unpaired) electrons. The van der Waals surface area contributed by atoms with Crippen molar-refractivity contribution in [2.45, 2.75) is 58.1 Å². The molecule has 3 saturated carbocycles. The molecule has 0 unspecified atom stereocenters. The molecule has 0 bridgehead atoms. The quantitative estimate of drug-likeness (QED) is 0.774. The van der Waals surface area contributed by atoms with Crippen LogP contribution in [0.5, 0.6) is 0 Å². The van der Waals surface area contributed by atoms with Gasteiger partial charge in [0.05, 0.1) is 6.10 Å². The molecule has 28 heavy (non-hydrogen) atoms. The van der Waals surface area contributed by atoms with E-state index in [4.69, 9.17) is 0 Å². The molecule has 3 fully saturated rings. The van der Waals surface area contributed by atoms with Gasteiger partial charge in [0.25, 0.3) is 0 Å². The van der Waals surface area contributed by atoms with Crippen molar-refractivity contribution in [1.29, 1.82) is 0 Å². The van der Waals surface area contributed by atoms with Crippen LogP contribution in [0.3, 0.4) is 0 Å². The molecule has 7 atom stereocenters. The second-order valence-corrected chi connectivity index (χ2v) is 10.8. The monoisotopic (exact) mass is 398 g/mol. The third-order valence-electron chi connectivity index (χ3n) is 8.76. The van der Waals surface area contributed by atoms with Gasteiger partial charge >= 0.3 is 0 Å². The van der Waals surface area contributed by atoms with Crippen LogP contribution in [0.2, 0.25) is 0 Å². The summed E-state index contributed by atoms with van der Waals surface area (Å²) in [6.45, 7) is 4.68. The highest BCUT2D eigenvalue weighted by atomic mass is 32.1. The fourth-order valence-corrected chi connectivity index (χ4v) is 7.80. The van der Waals surface area contributed by atoms with E-state index in [1.54, 1.807) is 17.4 Å². The zero-order valence-electron chi connectivity index (χ0n) is 17.0. The topological polar surface area (TPSA) is 53.4 Å². The number of aliphatic hydroxyl groups is 1. The van der Waals surface area contributed by atoms with Gasteiger partial charge in [-0.15, -0.1) is 11.3 Å². The van der Waals surface area contributed by atoms with E-state index < -0.39 is 0 Å². The van der Waals surface area contributed by atoms with Crippen LogP contribution in [0.25, 0.3) is 6.08 Å². The molecule has 5 rings (SSSR count). The molecule has 1 aliphatic heterocycles. The third-order valence-corrected chi connectivity index (χ3v) is 9.48. The summed E-state index contributed by atoms with van der Waals surface area (Å²) in [5, 5.41) is 14.2. The van der Waals surface area contributed by atoms with E-state index in [0.29, 0.717) is 23.8 Å². The molecule has 4 nitrogen and oxygen atoms in total. The number of thiazole rings is 1. The van der Waals surface area contributed by atoms with Gasteiger partial charge in [-0.2, -0.15) is 0 Å². The first-order chi connectivity index (χ1) is 13.3. The summed E-state index contributed by atoms with van der Waals surface area (Å²) in [7, 11) is 1.97. The number of carbonyl (C=O) groups is 1. The minimum atomic E-state index is -0.362. The molecule has 1 aromatic rings. The lowest BCUT2D eigenvalue weighted by Crippen LogP contribution is -2.59. The number of carbonyl (C=O) groups excluding carboxylic acids is 1. The molecule has 0 saturated heterocycles. The van der Waals surface area contributed by atoms with Crippen LogP contribution in [-0.4, -0.2) is 40.1 Å². The van der Waals surface area contributed by atoms with Gasteiger partial charge in [-0.1, -0.05) is 19.9 Å². The maximum atomic E-state index is 12.2. The summed E-state index contributed by atoms with van der Waals surface area (Å²) < 4.78 is 0. The SMILES string of the molecule is CN1C(=O)C=C[C@]2(C)[C@H]3CC[C@]4(C)[C@@H](O)/C(=C/c5nccs5)C[C@H]4[C@@H]3CC[C@@H]12. The highest BCUT2D eigenvalue weighted by Crippen LogP contribution is 2.64. The number of hydrogen-bond donors (Lipinski definition) is 1. The Morgan fingerprint density at radius 2 is 2.11 bits per heavy atom. The Morgan fingerprint density at radius 1 is 1.29 bits per heavy atom. The second kappa shape index (κ2) is 6.27. The zero-order chi connectivity index (χ0) is 19.7. The zero-order valence-corrected chi connectivity index (χ0v) is 17.8. The molecule has 4 aliphatic rings. The number of hydrogen-bond acceptors (Lipinski definition) is 4. The summed E-state index contributed by atoms with van der Waals surface area (Å²) in [5.41, 5.74) is 1.19. The second-order valence-electron chi connectivity index (χ2n) is 9.86. The first kappa shape index (κ1) is 18.6. The van der Waals surface area contributed by atoms with E-state index >= 15 is 0 Å². The lowest BCUT2D eigenvalue weighted by atomic mass is 9.48. The van der Waals surface area contributed by atoms with Gasteiger partial charge in [0.15, 0.2) is 0 Å². The smallest absolute Gasteiger partial charge is 0.246 e. The van der Waals surface area contributed by atoms with Gasteiger partial charge in [-0.05, 0) is 67.6 Å². The van der Waals surface area contributed by atoms with E-state index in [2.05, 4.69) is 31.0 Å². The molecule has 0 spiro atoms. The first-order valence-electron chi connectivity index (χ1n) is 10.6. The summed E-state index contributed by atoms with van der Waals surface area (Å²) in [6, 6.07) is 0.312. The van der Waals surface area contributed by atoms with Crippen LogP contribution in [0, 0.1) is 28.6 Å². The Morgan fingerprint density at radius 3 is 2.86 bits per heavy atom. The number of nitrogens with zero attached hydrogens (tertiary/aromatic N) is 2. The van der Waals surface area contributed by atoms with E-state index in [-0.39, 0.29) is 22.8 Å². The first-order valence-corrected chi connectivity index (χ1v) is 11.5. The molecular weight excluding hydrogens is 368 g/mol. The van der Waals surface area contributed by atoms with Gasteiger partial charge in [-0.3, -0.25) is 4.79 Å². The van der Waals surface area contributed by atoms with Crippen LogP contribution in [0.4, 0.5) is 0 Å². The molecule has 1 N–H and O–H groups in total. The van der Waals surface area contributed by atoms with E-state index in [1.807, 2.05) is 23.5 Å². The van der Waals surface area contributed by atoms with Crippen LogP contribution in [0.1, 0.15) is 51.0 Å². The fraction of sp³-hybridized carbons (Fsp3) is 0.652. The van der Waals surface area contributed by atoms with Crippen LogP contribution < -0.4 is 0 Å². The van der Waals surface area contributed by atoms with Crippen molar-refractivity contribution in [3.63, 3.8) is 0 Å². The van der Waals surface area contributed by atoms with Crippen LogP contribution in [0.15, 0.2) is 29.3 Å². The lowest BCUT2D eigenvalue weighted by molar-refractivity contribution is -0.140. The van der Waals surface area contributed by atoms with E-state index in [9.17, 15) is 9.90 Å². The minimum absolute atomic E-state index is 0.0342. The van der Waals surface area contributed by atoms with Crippen LogP contribution >= 0.6 is 11.3 Å². The Balaban J connectivity index is 1.49. The lowest BCUT2D eigenvalue weighted by Gasteiger charge is -2.59. The Kier molecular flexibility index (Phi) is 4.15. The van der Waals surface area contributed by atoms with Crippen molar-refractivity contribution in [2.24, 2.45) is 28.6 Å². The van der Waals surface area contributed by atoms with Gasteiger partial charge < -0.3 is 10.0 Å². The molecule has 5 heteroatoms. The maximum absolute atomic E-state index is 12.2. The number of amides is 1. The predicted molar refractivity (Wildman–Crippen MR) is 112 cm³/mol. The molecule has 1 aromatic heterocycles. The molecule has 2 heterocycles. The number of aromatic nitrogens is 1. The van der Waals surface area contributed by atoms with E-state index in [1.165, 1.54) is 5.57 Å². The standard InChI is InChI=1S/C23H30N2O2S/c1-22-9-7-20(26)25(3)18(22)5-4-15-16(22)6-8-23(2)17(15)12-14(21(23)27)13-19-24-10-11-28-19/h7,9-11,13,15-18,21,27H,4-6,8,12H2,1-3H3/b14-13+/t15-,16+,17+,18-,21+,22-,23+/m1/s1. The summed E-state index contributed by atoms with van der Waals surface area (Å²) in [5.74, 6) is 1.86. The Labute approximate surface area is 171 Å². The number of likely N-dealkylation sites (N-methyl/N-ethyl adjacent to an activating group) is 1. The normalized spacial score (nSPS) is 46.4. The van der Waals surface area contributed by atoms with Crippen LogP contribution in [-0.2, 0) is 4.79 Å². The average molecular weight is 399 g/mol. The van der Waals surface area contributed by atoms with Crippen molar-refractivity contribution in [3.05, 3.63) is 34.3 Å². The molecule has 150 valence electrons. The Bertz CT molecular complexity index is 847. The molecular formula is C23H30N2O2S. The number of rotatable bonds is 1. The van der Waals surface area contributed by atoms with Gasteiger partial charge in [0.2, 0.25) is 5.91 Å². The molecule has 3 aliphatic carbocycles. The average Bonchev–Trinajstić information content (AvgIpc) is 3.27. The van der Waals surface area contributed by atoms with E-state index in [0.717, 1.165) is 37.1 Å². The summed E-state index contributed by atoms with van der Waals surface area (Å²) in [6.07, 6.45) is 13.0. The Hall–Kier alpha value is -1.46. The third kappa shape index (κ3) is 2.45.